The summed E-state index contributed by atoms with van der Waals surface area (Å²) in [5, 5.41) is 11.9. The molecule has 0 aliphatic rings. The Morgan fingerprint density at radius 3 is 2.94 bits per heavy atom. The van der Waals surface area contributed by atoms with Crippen LogP contribution in [0.25, 0.3) is 0 Å². The fraction of sp³-hybridized carbons (Fsp3) is 0.462. The molecule has 0 unspecified atom stereocenters. The number of amides is 1. The summed E-state index contributed by atoms with van der Waals surface area (Å²) in [5.41, 5.74) is 0. The molecule has 0 aliphatic heterocycles. The molecule has 2 N–H and O–H groups in total. The van der Waals surface area contributed by atoms with Gasteiger partial charge in [-0.15, -0.1) is 0 Å². The molecular weight excluding hydrogens is 254 g/mol. The number of hydrogen-bond acceptors (Lipinski definition) is 3. The molecule has 1 rings (SSSR count). The van der Waals surface area contributed by atoms with E-state index >= 15 is 0 Å². The minimum Gasteiger partial charge on any atom is -0.493 e. The number of carbonyl (C=O) groups is 1. The molecule has 0 aliphatic carbocycles. The molecule has 100 valence electrons. The molecule has 0 bridgehead atoms. The Kier molecular flexibility index (Phi) is 7.22. The van der Waals surface area contributed by atoms with Crippen molar-refractivity contribution in [2.75, 3.05) is 19.8 Å². The maximum atomic E-state index is 11.4. The van der Waals surface area contributed by atoms with Gasteiger partial charge in [0.25, 0.3) is 0 Å². The Morgan fingerprint density at radius 1 is 1.39 bits per heavy atom. The van der Waals surface area contributed by atoms with Crippen LogP contribution in [0.15, 0.2) is 24.3 Å². The Bertz CT molecular complexity index is 371. The third kappa shape index (κ3) is 6.47. The number of unbranched alkanes of at least 4 members (excludes halogenated alkanes) is 1. The van der Waals surface area contributed by atoms with Crippen LogP contribution in [0.4, 0.5) is 0 Å². The van der Waals surface area contributed by atoms with Crippen molar-refractivity contribution in [3.05, 3.63) is 29.3 Å². The number of rotatable bonds is 8. The number of halogens is 1. The van der Waals surface area contributed by atoms with Crippen LogP contribution in [0.1, 0.15) is 19.3 Å². The van der Waals surface area contributed by atoms with Crippen molar-refractivity contribution >= 4 is 17.5 Å². The van der Waals surface area contributed by atoms with Crippen LogP contribution in [0, 0.1) is 0 Å². The number of aliphatic hydroxyl groups excluding tert-OH is 1. The highest BCUT2D eigenvalue weighted by atomic mass is 35.5. The minimum atomic E-state index is -0.0463. The van der Waals surface area contributed by atoms with E-state index in [2.05, 4.69) is 5.32 Å². The zero-order chi connectivity index (χ0) is 13.2. The molecule has 0 saturated heterocycles. The predicted octanol–water partition coefficient (Wildman–Crippen LogP) is 2.00. The standard InChI is InChI=1S/C13H18ClNO3/c14-11-4-3-5-12(10-11)18-9-6-13(17)15-7-1-2-8-16/h3-5,10,16H,1-2,6-9H2,(H,15,17). The number of benzene rings is 1. The van der Waals surface area contributed by atoms with E-state index < -0.39 is 0 Å². The van der Waals surface area contributed by atoms with Crippen molar-refractivity contribution in [2.45, 2.75) is 19.3 Å². The van der Waals surface area contributed by atoms with E-state index in [0.29, 0.717) is 36.8 Å². The predicted molar refractivity (Wildman–Crippen MR) is 70.9 cm³/mol. The lowest BCUT2D eigenvalue weighted by Gasteiger charge is -2.07. The summed E-state index contributed by atoms with van der Waals surface area (Å²) in [6.45, 7) is 1.08. The van der Waals surface area contributed by atoms with Gasteiger partial charge in [-0.25, -0.2) is 0 Å². The largest absolute Gasteiger partial charge is 0.493 e. The van der Waals surface area contributed by atoms with Crippen molar-refractivity contribution in [1.29, 1.82) is 0 Å². The van der Waals surface area contributed by atoms with Crippen LogP contribution >= 0.6 is 11.6 Å². The molecule has 18 heavy (non-hydrogen) atoms. The lowest BCUT2D eigenvalue weighted by molar-refractivity contribution is -0.121. The maximum absolute atomic E-state index is 11.4. The van der Waals surface area contributed by atoms with Gasteiger partial charge in [-0.05, 0) is 31.0 Å². The van der Waals surface area contributed by atoms with Gasteiger partial charge in [0.15, 0.2) is 0 Å². The number of hydrogen-bond donors (Lipinski definition) is 2. The van der Waals surface area contributed by atoms with E-state index in [0.717, 1.165) is 6.42 Å². The molecule has 0 saturated carbocycles. The highest BCUT2D eigenvalue weighted by Gasteiger charge is 2.01. The number of nitrogens with one attached hydrogen (secondary N) is 1. The highest BCUT2D eigenvalue weighted by Crippen LogP contribution is 2.16. The first-order valence-electron chi connectivity index (χ1n) is 5.98. The van der Waals surface area contributed by atoms with Crippen molar-refractivity contribution in [2.24, 2.45) is 0 Å². The lowest BCUT2D eigenvalue weighted by Crippen LogP contribution is -2.26. The molecule has 1 aromatic carbocycles. The molecule has 0 fully saturated rings. The first kappa shape index (κ1) is 14.8. The van der Waals surface area contributed by atoms with Gasteiger partial charge >= 0.3 is 0 Å². The van der Waals surface area contributed by atoms with Crippen LogP contribution in [-0.4, -0.2) is 30.8 Å². The second kappa shape index (κ2) is 8.78. The smallest absolute Gasteiger partial charge is 0.223 e. The van der Waals surface area contributed by atoms with E-state index in [1.54, 1.807) is 24.3 Å². The average molecular weight is 272 g/mol. The van der Waals surface area contributed by atoms with E-state index in [4.69, 9.17) is 21.4 Å². The van der Waals surface area contributed by atoms with Crippen molar-refractivity contribution < 1.29 is 14.6 Å². The monoisotopic (exact) mass is 271 g/mol. The summed E-state index contributed by atoms with van der Waals surface area (Å²) < 4.78 is 5.40. The Hall–Kier alpha value is -1.26. The maximum Gasteiger partial charge on any atom is 0.223 e. The summed E-state index contributed by atoms with van der Waals surface area (Å²) in [4.78, 5) is 11.4. The van der Waals surface area contributed by atoms with Crippen molar-refractivity contribution in [3.63, 3.8) is 0 Å². The summed E-state index contributed by atoms with van der Waals surface area (Å²) in [7, 11) is 0. The number of aliphatic hydroxyl groups is 1. The van der Waals surface area contributed by atoms with Crippen molar-refractivity contribution in [1.82, 2.24) is 5.32 Å². The van der Waals surface area contributed by atoms with Crippen LogP contribution in [0.5, 0.6) is 5.75 Å². The SMILES string of the molecule is O=C(CCOc1cccc(Cl)c1)NCCCCO. The van der Waals surface area contributed by atoms with Crippen LogP contribution in [0.3, 0.4) is 0 Å². The van der Waals surface area contributed by atoms with Gasteiger partial charge in [0.2, 0.25) is 5.91 Å². The minimum absolute atomic E-state index is 0.0463. The molecule has 0 heterocycles. The molecular formula is C13H18ClNO3. The van der Waals surface area contributed by atoms with Crippen LogP contribution in [0.2, 0.25) is 5.02 Å². The van der Waals surface area contributed by atoms with Gasteiger partial charge in [0, 0.05) is 18.2 Å². The van der Waals surface area contributed by atoms with Gasteiger partial charge < -0.3 is 15.2 Å². The quantitative estimate of drug-likeness (QED) is 0.711. The van der Waals surface area contributed by atoms with E-state index in [1.165, 1.54) is 0 Å². The van der Waals surface area contributed by atoms with Gasteiger partial charge in [-0.2, -0.15) is 0 Å². The van der Waals surface area contributed by atoms with Gasteiger partial charge in [-0.1, -0.05) is 17.7 Å². The first-order chi connectivity index (χ1) is 8.72. The van der Waals surface area contributed by atoms with E-state index in [9.17, 15) is 4.79 Å². The topological polar surface area (TPSA) is 58.6 Å². The molecule has 4 nitrogen and oxygen atoms in total. The molecule has 0 atom stereocenters. The van der Waals surface area contributed by atoms with Gasteiger partial charge in [0.05, 0.1) is 13.0 Å². The fourth-order valence-corrected chi connectivity index (χ4v) is 1.55. The Labute approximate surface area is 112 Å². The molecule has 0 radical (unpaired) electrons. The normalized spacial score (nSPS) is 10.1. The third-order valence-electron chi connectivity index (χ3n) is 2.30. The second-order valence-corrected chi connectivity index (χ2v) is 4.27. The van der Waals surface area contributed by atoms with Gasteiger partial charge in [0.1, 0.15) is 5.75 Å². The van der Waals surface area contributed by atoms with Crippen LogP contribution in [-0.2, 0) is 4.79 Å². The number of ether oxygens (including phenoxy) is 1. The molecule has 0 aromatic heterocycles. The Balaban J connectivity index is 2.12. The summed E-state index contributed by atoms with van der Waals surface area (Å²) >= 11 is 5.80. The lowest BCUT2D eigenvalue weighted by atomic mass is 10.3. The first-order valence-corrected chi connectivity index (χ1v) is 6.36. The Morgan fingerprint density at radius 2 is 2.22 bits per heavy atom. The molecule has 0 spiro atoms. The van der Waals surface area contributed by atoms with Crippen molar-refractivity contribution in [3.8, 4) is 5.75 Å². The summed E-state index contributed by atoms with van der Waals surface area (Å²) in [6.07, 6.45) is 1.81. The second-order valence-electron chi connectivity index (χ2n) is 3.84. The van der Waals surface area contributed by atoms with Gasteiger partial charge in [-0.3, -0.25) is 4.79 Å². The average Bonchev–Trinajstić information content (AvgIpc) is 2.35. The summed E-state index contributed by atoms with van der Waals surface area (Å²) in [6, 6.07) is 7.07. The van der Waals surface area contributed by atoms with E-state index in [1.807, 2.05) is 0 Å². The molecule has 1 aromatic rings. The fourth-order valence-electron chi connectivity index (χ4n) is 1.37. The van der Waals surface area contributed by atoms with Crippen LogP contribution < -0.4 is 10.1 Å². The zero-order valence-electron chi connectivity index (χ0n) is 10.2. The highest BCUT2D eigenvalue weighted by molar-refractivity contribution is 6.30. The zero-order valence-corrected chi connectivity index (χ0v) is 10.9. The third-order valence-corrected chi connectivity index (χ3v) is 2.54. The van der Waals surface area contributed by atoms with E-state index in [-0.39, 0.29) is 12.5 Å². The summed E-state index contributed by atoms with van der Waals surface area (Å²) in [5.74, 6) is 0.616. The number of carbonyl (C=O) groups excluding carboxylic acids is 1. The molecule has 5 heteroatoms. The molecule has 1 amide bonds.